The Hall–Kier alpha value is -0.300. The van der Waals surface area contributed by atoms with Crippen molar-refractivity contribution in [3.63, 3.8) is 0 Å². The molecule has 0 N–H and O–H groups in total. The van der Waals surface area contributed by atoms with Crippen LogP contribution in [0, 0.1) is 5.92 Å². The smallest absolute Gasteiger partial charge is 0.0804 e. The summed E-state index contributed by atoms with van der Waals surface area (Å²) >= 11 is 0. The lowest BCUT2D eigenvalue weighted by atomic mass is 9.93. The molecule has 0 aromatic carbocycles. The first-order chi connectivity index (χ1) is 6.17. The van der Waals surface area contributed by atoms with E-state index in [0.717, 1.165) is 6.42 Å². The number of hydrogen-bond acceptors (Lipinski definition) is 1. The Morgan fingerprint density at radius 3 is 2.38 bits per heavy atom. The number of allylic oxidation sites excluding steroid dienone is 1. The molecule has 0 aliphatic heterocycles. The molecule has 0 amide bonds. The predicted octanol–water partition coefficient (Wildman–Crippen LogP) is 3.79. The van der Waals surface area contributed by atoms with Crippen LogP contribution in [0.5, 0.6) is 0 Å². The van der Waals surface area contributed by atoms with Gasteiger partial charge in [-0.25, -0.2) is 0 Å². The monoisotopic (exact) mass is 184 g/mol. The third kappa shape index (κ3) is 4.47. The van der Waals surface area contributed by atoms with Crippen molar-refractivity contribution in [2.45, 2.75) is 53.1 Å². The summed E-state index contributed by atoms with van der Waals surface area (Å²) in [6, 6.07) is 0. The van der Waals surface area contributed by atoms with E-state index in [4.69, 9.17) is 4.74 Å². The summed E-state index contributed by atoms with van der Waals surface area (Å²) in [5, 5.41) is 0. The van der Waals surface area contributed by atoms with Gasteiger partial charge in [0.1, 0.15) is 0 Å². The largest absolute Gasteiger partial charge is 0.377 e. The average Bonchev–Trinajstić information content (AvgIpc) is 2.06. The average molecular weight is 184 g/mol. The maximum absolute atomic E-state index is 5.51. The molecule has 0 aromatic rings. The zero-order valence-corrected chi connectivity index (χ0v) is 9.76. The van der Waals surface area contributed by atoms with Gasteiger partial charge in [0.05, 0.1) is 6.10 Å². The van der Waals surface area contributed by atoms with E-state index in [1.807, 2.05) is 7.11 Å². The number of methoxy groups -OCH3 is 1. The van der Waals surface area contributed by atoms with E-state index in [1.54, 1.807) is 0 Å². The Balaban J connectivity index is 4.22. The fourth-order valence-electron chi connectivity index (χ4n) is 1.91. The van der Waals surface area contributed by atoms with Crippen LogP contribution in [0.3, 0.4) is 0 Å². The van der Waals surface area contributed by atoms with Gasteiger partial charge in [0.2, 0.25) is 0 Å². The molecule has 0 heterocycles. The molecule has 0 saturated heterocycles. The minimum atomic E-state index is 0.319. The van der Waals surface area contributed by atoms with E-state index in [-0.39, 0.29) is 0 Å². The Kier molecular flexibility index (Phi) is 6.97. The lowest BCUT2D eigenvalue weighted by molar-refractivity contribution is 0.0831. The van der Waals surface area contributed by atoms with Crippen LogP contribution < -0.4 is 0 Å². The van der Waals surface area contributed by atoms with Gasteiger partial charge in [0.25, 0.3) is 0 Å². The van der Waals surface area contributed by atoms with Crippen LogP contribution in [0.4, 0.5) is 0 Å². The normalized spacial score (nSPS) is 17.2. The first kappa shape index (κ1) is 12.7. The van der Waals surface area contributed by atoms with E-state index in [9.17, 15) is 0 Å². The van der Waals surface area contributed by atoms with Crippen LogP contribution in [0.15, 0.2) is 11.6 Å². The molecule has 0 aliphatic carbocycles. The molecule has 2 atom stereocenters. The Bertz CT molecular complexity index is 149. The van der Waals surface area contributed by atoms with E-state index in [1.165, 1.54) is 18.4 Å². The minimum Gasteiger partial charge on any atom is -0.377 e. The van der Waals surface area contributed by atoms with Gasteiger partial charge in [0.15, 0.2) is 0 Å². The SMILES string of the molecule is CCC=C(C)C(OC)C(C)CCC. The summed E-state index contributed by atoms with van der Waals surface area (Å²) < 4.78 is 5.51. The summed E-state index contributed by atoms with van der Waals surface area (Å²) in [4.78, 5) is 0. The van der Waals surface area contributed by atoms with Crippen molar-refractivity contribution in [2.24, 2.45) is 5.92 Å². The summed E-state index contributed by atoms with van der Waals surface area (Å²) in [5.74, 6) is 0.637. The molecule has 1 heteroatoms. The maximum atomic E-state index is 5.51. The van der Waals surface area contributed by atoms with Gasteiger partial charge in [-0.2, -0.15) is 0 Å². The van der Waals surface area contributed by atoms with Gasteiger partial charge in [-0.05, 0) is 31.3 Å². The molecular weight excluding hydrogens is 160 g/mol. The van der Waals surface area contributed by atoms with Crippen LogP contribution in [0.1, 0.15) is 47.0 Å². The van der Waals surface area contributed by atoms with Gasteiger partial charge >= 0.3 is 0 Å². The lowest BCUT2D eigenvalue weighted by Gasteiger charge is -2.23. The molecule has 0 rings (SSSR count). The number of hydrogen-bond donors (Lipinski definition) is 0. The minimum absolute atomic E-state index is 0.319. The maximum Gasteiger partial charge on any atom is 0.0804 e. The van der Waals surface area contributed by atoms with Crippen molar-refractivity contribution in [1.82, 2.24) is 0 Å². The molecular formula is C12H24O. The van der Waals surface area contributed by atoms with Crippen LogP contribution in [-0.4, -0.2) is 13.2 Å². The van der Waals surface area contributed by atoms with E-state index < -0.39 is 0 Å². The van der Waals surface area contributed by atoms with Crippen molar-refractivity contribution in [2.75, 3.05) is 7.11 Å². The molecule has 0 aromatic heterocycles. The quantitative estimate of drug-likeness (QED) is 0.571. The van der Waals surface area contributed by atoms with Crippen LogP contribution >= 0.6 is 0 Å². The van der Waals surface area contributed by atoms with Gasteiger partial charge in [-0.1, -0.05) is 33.3 Å². The van der Waals surface area contributed by atoms with Crippen molar-refractivity contribution in [3.05, 3.63) is 11.6 Å². The molecule has 0 bridgehead atoms. The third-order valence-corrected chi connectivity index (χ3v) is 2.49. The zero-order chi connectivity index (χ0) is 10.3. The Morgan fingerprint density at radius 1 is 1.38 bits per heavy atom. The third-order valence-electron chi connectivity index (χ3n) is 2.49. The van der Waals surface area contributed by atoms with Crippen LogP contribution in [0.25, 0.3) is 0 Å². The van der Waals surface area contributed by atoms with Gasteiger partial charge in [0, 0.05) is 7.11 Å². The second kappa shape index (κ2) is 7.14. The van der Waals surface area contributed by atoms with Crippen molar-refractivity contribution < 1.29 is 4.74 Å². The van der Waals surface area contributed by atoms with Crippen molar-refractivity contribution in [3.8, 4) is 0 Å². The number of ether oxygens (including phenoxy) is 1. The van der Waals surface area contributed by atoms with Crippen LogP contribution in [-0.2, 0) is 4.74 Å². The van der Waals surface area contributed by atoms with E-state index >= 15 is 0 Å². The summed E-state index contributed by atoms with van der Waals surface area (Å²) in [5.41, 5.74) is 1.38. The summed E-state index contributed by atoms with van der Waals surface area (Å²) in [6.07, 6.45) is 6.17. The van der Waals surface area contributed by atoms with Crippen molar-refractivity contribution >= 4 is 0 Å². The molecule has 2 unspecified atom stereocenters. The van der Waals surface area contributed by atoms with Gasteiger partial charge < -0.3 is 4.74 Å². The van der Waals surface area contributed by atoms with Crippen LogP contribution in [0.2, 0.25) is 0 Å². The van der Waals surface area contributed by atoms with Crippen molar-refractivity contribution in [1.29, 1.82) is 0 Å². The molecule has 13 heavy (non-hydrogen) atoms. The first-order valence-electron chi connectivity index (χ1n) is 5.36. The lowest BCUT2D eigenvalue weighted by Crippen LogP contribution is -2.21. The highest BCUT2D eigenvalue weighted by Gasteiger charge is 2.16. The second-order valence-electron chi connectivity index (χ2n) is 3.78. The Labute approximate surface area is 83.2 Å². The number of rotatable bonds is 6. The molecule has 0 aliphatic rings. The molecule has 0 radical (unpaired) electrons. The molecule has 0 fully saturated rings. The summed E-state index contributed by atoms with van der Waals surface area (Å²) in [6.45, 7) is 8.83. The molecule has 1 nitrogen and oxygen atoms in total. The standard InChI is InChI=1S/C12H24O/c1-6-8-10(3)12(13-5)11(4)9-7-2/h8,11-12H,6-7,9H2,1-5H3. The van der Waals surface area contributed by atoms with Gasteiger partial charge in [-0.3, -0.25) is 0 Å². The fourth-order valence-corrected chi connectivity index (χ4v) is 1.91. The molecule has 0 saturated carbocycles. The van der Waals surface area contributed by atoms with E-state index in [2.05, 4.69) is 33.8 Å². The predicted molar refractivity (Wildman–Crippen MR) is 58.9 cm³/mol. The Morgan fingerprint density at radius 2 is 2.00 bits per heavy atom. The highest BCUT2D eigenvalue weighted by molar-refractivity contribution is 5.06. The highest BCUT2D eigenvalue weighted by atomic mass is 16.5. The van der Waals surface area contributed by atoms with Gasteiger partial charge in [-0.15, -0.1) is 0 Å². The van der Waals surface area contributed by atoms with E-state index in [0.29, 0.717) is 12.0 Å². The first-order valence-corrected chi connectivity index (χ1v) is 5.36. The second-order valence-corrected chi connectivity index (χ2v) is 3.78. The summed E-state index contributed by atoms with van der Waals surface area (Å²) in [7, 11) is 1.81. The molecule has 0 spiro atoms. The highest BCUT2D eigenvalue weighted by Crippen LogP contribution is 2.20. The topological polar surface area (TPSA) is 9.23 Å². The zero-order valence-electron chi connectivity index (χ0n) is 9.76. The molecule has 78 valence electrons. The fraction of sp³-hybridized carbons (Fsp3) is 0.833.